The van der Waals surface area contributed by atoms with Crippen molar-refractivity contribution in [1.82, 2.24) is 0 Å². The van der Waals surface area contributed by atoms with Gasteiger partial charge >= 0.3 is 0 Å². The summed E-state index contributed by atoms with van der Waals surface area (Å²) in [5.41, 5.74) is 7.30. The van der Waals surface area contributed by atoms with Crippen molar-refractivity contribution in [3.05, 3.63) is 65.7 Å². The molecule has 0 saturated carbocycles. The summed E-state index contributed by atoms with van der Waals surface area (Å²) in [5, 5.41) is 12.4. The van der Waals surface area contributed by atoms with Gasteiger partial charge in [-0.3, -0.25) is 4.55 Å². The molecular weight excluding hydrogens is 386 g/mol. The first-order chi connectivity index (χ1) is 12.8. The average Bonchev–Trinajstić information content (AvgIpc) is 2.64. The number of hydrogen-bond donors (Lipinski definition) is 3. The van der Waals surface area contributed by atoms with Crippen molar-refractivity contribution < 1.29 is 18.1 Å². The third-order valence-corrected chi connectivity index (χ3v) is 5.87. The van der Waals surface area contributed by atoms with Crippen LogP contribution in [0, 0.1) is 0 Å². The number of phenols is 1. The molecule has 0 bridgehead atoms. The predicted octanol–water partition coefficient (Wildman–Crippen LogP) is 4.85. The second-order valence-corrected chi connectivity index (χ2v) is 7.96. The Morgan fingerprint density at radius 3 is 2.30 bits per heavy atom. The molecule has 5 nitrogen and oxygen atoms in total. The maximum Gasteiger partial charge on any atom is 0.295 e. The summed E-state index contributed by atoms with van der Waals surface area (Å²) in [5.74, 6) is -0.00681. The first-order valence-electron chi connectivity index (χ1n) is 7.97. The largest absolute Gasteiger partial charge is 0.506 e. The Hall–Kier alpha value is -2.80. The highest BCUT2D eigenvalue weighted by molar-refractivity contribution is 7.86. The molecule has 0 unspecified atom stereocenters. The lowest BCUT2D eigenvalue weighted by atomic mass is 9.97. The molecule has 0 aromatic heterocycles. The Morgan fingerprint density at radius 1 is 0.889 bits per heavy atom. The van der Waals surface area contributed by atoms with Crippen molar-refractivity contribution in [2.24, 2.45) is 0 Å². The molecule has 0 fully saturated rings. The van der Waals surface area contributed by atoms with Gasteiger partial charge in [0.2, 0.25) is 0 Å². The molecule has 27 heavy (non-hydrogen) atoms. The quantitative estimate of drug-likeness (QED) is 0.254. The minimum Gasteiger partial charge on any atom is -0.506 e. The normalized spacial score (nSPS) is 11.9. The van der Waals surface area contributed by atoms with Crippen LogP contribution in [-0.2, 0) is 10.1 Å². The van der Waals surface area contributed by atoms with E-state index < -0.39 is 10.1 Å². The van der Waals surface area contributed by atoms with Crippen LogP contribution in [0.5, 0.6) is 5.75 Å². The van der Waals surface area contributed by atoms with Crippen LogP contribution < -0.4 is 5.73 Å². The number of hydrogen-bond acceptors (Lipinski definition) is 4. The molecule has 4 aromatic carbocycles. The van der Waals surface area contributed by atoms with Gasteiger partial charge in [0.25, 0.3) is 10.1 Å². The summed E-state index contributed by atoms with van der Waals surface area (Å²) in [6.07, 6.45) is 0. The fraction of sp³-hybridized carbons (Fsp3) is 0. The van der Waals surface area contributed by atoms with Gasteiger partial charge in [0, 0.05) is 21.7 Å². The number of fused-ring (bicyclic) bond motifs is 2. The van der Waals surface area contributed by atoms with Crippen LogP contribution in [0.25, 0.3) is 32.7 Å². The number of benzene rings is 4. The van der Waals surface area contributed by atoms with Crippen LogP contribution in [-0.4, -0.2) is 18.1 Å². The molecule has 0 atom stereocenters. The molecule has 0 heterocycles. The maximum atomic E-state index is 11.9. The molecule has 4 rings (SSSR count). The Labute approximate surface area is 160 Å². The van der Waals surface area contributed by atoms with E-state index in [4.69, 9.17) is 17.3 Å². The summed E-state index contributed by atoms with van der Waals surface area (Å²) < 4.78 is 33.5. The molecule has 0 aliphatic heterocycles. The lowest BCUT2D eigenvalue weighted by Gasteiger charge is -2.13. The van der Waals surface area contributed by atoms with Gasteiger partial charge in [-0.25, -0.2) is 0 Å². The summed E-state index contributed by atoms with van der Waals surface area (Å²) >= 11 is 6.56. The zero-order valence-electron chi connectivity index (χ0n) is 13.8. The lowest BCUT2D eigenvalue weighted by molar-refractivity contribution is 0.478. The molecular formula is C20H14ClNO4S. The fourth-order valence-electron chi connectivity index (χ4n) is 3.24. The predicted molar refractivity (Wildman–Crippen MR) is 108 cm³/mol. The first-order valence-corrected chi connectivity index (χ1v) is 9.79. The van der Waals surface area contributed by atoms with Gasteiger partial charge in [-0.05, 0) is 29.1 Å². The van der Waals surface area contributed by atoms with E-state index >= 15 is 0 Å². The Balaban J connectivity index is 2.06. The minimum atomic E-state index is -4.44. The highest BCUT2D eigenvalue weighted by Gasteiger charge is 2.19. The van der Waals surface area contributed by atoms with Gasteiger partial charge in [-0.1, -0.05) is 54.1 Å². The Bertz CT molecular complexity index is 1330. The molecule has 0 aliphatic rings. The molecule has 136 valence electrons. The maximum absolute atomic E-state index is 11.9. The molecule has 7 heteroatoms. The fourth-order valence-corrected chi connectivity index (χ4v) is 4.29. The zero-order chi connectivity index (χ0) is 19.3. The summed E-state index contributed by atoms with van der Waals surface area (Å²) in [6.45, 7) is 0. The van der Waals surface area contributed by atoms with Crippen molar-refractivity contribution in [2.45, 2.75) is 4.90 Å². The number of halogens is 1. The van der Waals surface area contributed by atoms with E-state index in [1.165, 1.54) is 12.1 Å². The molecule has 4 aromatic rings. The number of rotatable bonds is 2. The van der Waals surface area contributed by atoms with Crippen LogP contribution >= 0.6 is 11.6 Å². The second kappa shape index (κ2) is 6.13. The van der Waals surface area contributed by atoms with Crippen molar-refractivity contribution in [3.8, 4) is 16.9 Å². The minimum absolute atomic E-state index is 0.00681. The van der Waals surface area contributed by atoms with E-state index in [0.29, 0.717) is 32.3 Å². The third kappa shape index (κ3) is 2.88. The van der Waals surface area contributed by atoms with E-state index in [9.17, 15) is 18.1 Å². The second-order valence-electron chi connectivity index (χ2n) is 6.19. The number of phenolic OH excluding ortho intramolecular Hbond substituents is 1. The van der Waals surface area contributed by atoms with Crippen LogP contribution in [0.4, 0.5) is 5.69 Å². The van der Waals surface area contributed by atoms with E-state index in [-0.39, 0.29) is 16.3 Å². The van der Waals surface area contributed by atoms with Gasteiger partial charge in [0.15, 0.2) is 0 Å². The molecule has 0 aliphatic carbocycles. The van der Waals surface area contributed by atoms with E-state index in [1.807, 2.05) is 0 Å². The molecule has 0 saturated heterocycles. The summed E-state index contributed by atoms with van der Waals surface area (Å²) in [4.78, 5) is -0.206. The monoisotopic (exact) mass is 399 g/mol. The number of nitrogens with two attached hydrogens (primary N) is 1. The van der Waals surface area contributed by atoms with E-state index in [0.717, 1.165) is 5.39 Å². The van der Waals surface area contributed by atoms with Gasteiger partial charge in [0.05, 0.1) is 10.7 Å². The number of anilines is 1. The third-order valence-electron chi connectivity index (χ3n) is 4.57. The highest BCUT2D eigenvalue weighted by atomic mass is 35.5. The highest BCUT2D eigenvalue weighted by Crippen LogP contribution is 2.40. The average molecular weight is 400 g/mol. The topological polar surface area (TPSA) is 101 Å². The SMILES string of the molecule is Nc1c(O)ccc2cc(-c3cc(S(=O)(=O)O)c4ccccc4c3Cl)ccc12. The van der Waals surface area contributed by atoms with Crippen LogP contribution in [0.3, 0.4) is 0 Å². The Morgan fingerprint density at radius 2 is 1.59 bits per heavy atom. The van der Waals surface area contributed by atoms with E-state index in [1.54, 1.807) is 48.5 Å². The van der Waals surface area contributed by atoms with Gasteiger partial charge < -0.3 is 10.8 Å². The van der Waals surface area contributed by atoms with Gasteiger partial charge in [-0.15, -0.1) is 0 Å². The van der Waals surface area contributed by atoms with Crippen LogP contribution in [0.1, 0.15) is 0 Å². The standard InChI is InChI=1S/C20H14ClNO4S/c21-19-15-4-2-1-3-14(15)18(27(24,25)26)10-16(19)12-5-7-13-11(9-12)6-8-17(23)20(13)22/h1-10,23H,22H2,(H,24,25,26). The van der Waals surface area contributed by atoms with Crippen molar-refractivity contribution >= 4 is 49.0 Å². The van der Waals surface area contributed by atoms with Crippen LogP contribution in [0.15, 0.2) is 65.6 Å². The van der Waals surface area contributed by atoms with Gasteiger partial charge in [-0.2, -0.15) is 8.42 Å². The molecule has 0 amide bonds. The van der Waals surface area contributed by atoms with Crippen molar-refractivity contribution in [1.29, 1.82) is 0 Å². The summed E-state index contributed by atoms with van der Waals surface area (Å²) in [6, 6.07) is 16.6. The molecule has 0 spiro atoms. The Kier molecular flexibility index (Phi) is 3.99. The molecule has 0 radical (unpaired) electrons. The lowest BCUT2D eigenvalue weighted by Crippen LogP contribution is -2.00. The van der Waals surface area contributed by atoms with Crippen molar-refractivity contribution in [2.75, 3.05) is 5.73 Å². The van der Waals surface area contributed by atoms with Gasteiger partial charge in [0.1, 0.15) is 10.6 Å². The smallest absolute Gasteiger partial charge is 0.295 e. The van der Waals surface area contributed by atoms with Crippen molar-refractivity contribution in [3.63, 3.8) is 0 Å². The zero-order valence-corrected chi connectivity index (χ0v) is 15.4. The van der Waals surface area contributed by atoms with E-state index in [2.05, 4.69) is 0 Å². The molecule has 4 N–H and O–H groups in total. The number of aromatic hydroxyl groups is 1. The summed E-state index contributed by atoms with van der Waals surface area (Å²) in [7, 11) is -4.44. The first kappa shape index (κ1) is 17.6. The number of nitrogen functional groups attached to an aromatic ring is 1. The van der Waals surface area contributed by atoms with Crippen LogP contribution in [0.2, 0.25) is 5.02 Å².